The first-order valence-electron chi connectivity index (χ1n) is 6.66. The number of rotatable bonds is 2. The lowest BCUT2D eigenvalue weighted by atomic mass is 9.73. The van der Waals surface area contributed by atoms with Crippen LogP contribution in [0.3, 0.4) is 0 Å². The van der Waals surface area contributed by atoms with Gasteiger partial charge in [0.05, 0.1) is 0 Å². The molecule has 116 valence electrons. The molecule has 6 N–H and O–H groups in total. The molecule has 1 aliphatic carbocycles. The van der Waals surface area contributed by atoms with E-state index < -0.39 is 17.4 Å². The van der Waals surface area contributed by atoms with Gasteiger partial charge < -0.3 is 30.6 Å². The number of aryl methyl sites for hydroxylation is 1. The van der Waals surface area contributed by atoms with E-state index in [1.807, 2.05) is 0 Å². The molecule has 1 aliphatic rings. The van der Waals surface area contributed by atoms with E-state index in [9.17, 15) is 30.6 Å². The van der Waals surface area contributed by atoms with Gasteiger partial charge in [-0.05, 0) is 29.2 Å². The summed E-state index contributed by atoms with van der Waals surface area (Å²) in [6.07, 6.45) is 0. The summed E-state index contributed by atoms with van der Waals surface area (Å²) in [6, 6.07) is 11.1. The first-order valence-corrected chi connectivity index (χ1v) is 6.66. The average Bonchev–Trinajstić information content (AvgIpc) is 2.67. The molecule has 0 unspecified atom stereocenters. The van der Waals surface area contributed by atoms with Crippen molar-refractivity contribution in [2.24, 2.45) is 0 Å². The quantitative estimate of drug-likeness (QED) is 0.417. The summed E-state index contributed by atoms with van der Waals surface area (Å²) in [6.45, 7) is 1.72. The normalized spacial score (nSPS) is 16.3. The van der Waals surface area contributed by atoms with Gasteiger partial charge in [0.15, 0.2) is 5.41 Å². The minimum atomic E-state index is -3.61. The monoisotopic (exact) mass is 304 g/mol. The maximum Gasteiger partial charge on any atom is 0.298 e. The number of aliphatic hydroxyl groups is 6. The van der Waals surface area contributed by atoms with Gasteiger partial charge in [-0.25, -0.2) is 0 Å². The van der Waals surface area contributed by atoms with Gasteiger partial charge in [0.25, 0.3) is 11.9 Å². The lowest BCUT2D eigenvalue weighted by molar-refractivity contribution is -0.442. The molecule has 22 heavy (non-hydrogen) atoms. The summed E-state index contributed by atoms with van der Waals surface area (Å²) in [4.78, 5) is 0. The molecule has 0 aromatic heterocycles. The highest BCUT2D eigenvalue weighted by Crippen LogP contribution is 2.56. The molecule has 0 aliphatic heterocycles. The average molecular weight is 304 g/mol. The van der Waals surface area contributed by atoms with Gasteiger partial charge in [0.2, 0.25) is 0 Å². The van der Waals surface area contributed by atoms with Gasteiger partial charge in [0.1, 0.15) is 0 Å². The van der Waals surface area contributed by atoms with Crippen LogP contribution in [0.1, 0.15) is 16.7 Å². The Kier molecular flexibility index (Phi) is 2.99. The molecule has 0 atom stereocenters. The molecule has 6 nitrogen and oxygen atoms in total. The molecule has 0 spiro atoms. The van der Waals surface area contributed by atoms with E-state index in [4.69, 9.17) is 0 Å². The zero-order valence-electron chi connectivity index (χ0n) is 11.7. The van der Waals surface area contributed by atoms with Crippen molar-refractivity contribution in [2.45, 2.75) is 24.3 Å². The Labute approximate surface area is 126 Å². The molecule has 6 heteroatoms. The highest BCUT2D eigenvalue weighted by atomic mass is 16.7. The molecule has 0 saturated carbocycles. The van der Waals surface area contributed by atoms with E-state index in [-0.39, 0.29) is 11.1 Å². The number of hydrogen-bond acceptors (Lipinski definition) is 6. The molecule has 0 amide bonds. The third-order valence-corrected chi connectivity index (χ3v) is 4.21. The van der Waals surface area contributed by atoms with Gasteiger partial charge in [0, 0.05) is 0 Å². The lowest BCUT2D eigenvalue weighted by Crippen LogP contribution is -2.65. The fraction of sp³-hybridized carbons (Fsp3) is 0.250. The second-order valence-electron chi connectivity index (χ2n) is 5.62. The molecule has 2 aromatic rings. The third kappa shape index (κ3) is 1.70. The highest BCUT2D eigenvalue weighted by Gasteiger charge is 2.68. The van der Waals surface area contributed by atoms with Crippen molar-refractivity contribution in [1.82, 2.24) is 0 Å². The standard InChI is InChI=1S/C16H16O6/c1-9-6-7-11-10-4-2-3-5-12(10)14(13(11)8-9,15(17,18)19)16(20,21)22/h2-8,17-22H,1H3. The Hall–Kier alpha value is -1.80. The maximum atomic E-state index is 9.92. The van der Waals surface area contributed by atoms with Crippen LogP contribution < -0.4 is 0 Å². The van der Waals surface area contributed by atoms with Crippen LogP contribution >= 0.6 is 0 Å². The molecular weight excluding hydrogens is 288 g/mol. The van der Waals surface area contributed by atoms with Gasteiger partial charge in [-0.2, -0.15) is 0 Å². The fourth-order valence-corrected chi connectivity index (χ4v) is 3.34. The summed E-state index contributed by atoms with van der Waals surface area (Å²) in [5, 5.41) is 59.5. The van der Waals surface area contributed by atoms with Crippen LogP contribution in [0, 0.1) is 6.92 Å². The Balaban J connectivity index is 2.52. The number of hydrogen-bond donors (Lipinski definition) is 6. The number of benzene rings is 2. The van der Waals surface area contributed by atoms with Gasteiger partial charge >= 0.3 is 0 Å². The summed E-state index contributed by atoms with van der Waals surface area (Å²) in [5.41, 5.74) is -1.03. The SMILES string of the molecule is Cc1ccc2c(c1)C(C(O)(O)O)(C(O)(O)O)c1ccccc1-2. The molecule has 0 heterocycles. The predicted octanol–water partition coefficient (Wildman–Crippen LogP) is -0.477. The molecule has 0 radical (unpaired) electrons. The van der Waals surface area contributed by atoms with Gasteiger partial charge in [-0.1, -0.05) is 48.0 Å². The second-order valence-corrected chi connectivity index (χ2v) is 5.62. The highest BCUT2D eigenvalue weighted by molar-refractivity contribution is 5.82. The van der Waals surface area contributed by atoms with Crippen molar-refractivity contribution in [3.8, 4) is 11.1 Å². The molecule has 0 saturated heterocycles. The molecular formula is C16H16O6. The van der Waals surface area contributed by atoms with Crippen molar-refractivity contribution in [3.63, 3.8) is 0 Å². The van der Waals surface area contributed by atoms with Crippen LogP contribution in [0.5, 0.6) is 0 Å². The van der Waals surface area contributed by atoms with Crippen molar-refractivity contribution in [3.05, 3.63) is 59.2 Å². The topological polar surface area (TPSA) is 121 Å². The molecule has 0 fully saturated rings. The second kappa shape index (κ2) is 4.36. The molecule has 2 aromatic carbocycles. The Morgan fingerprint density at radius 3 is 1.86 bits per heavy atom. The van der Waals surface area contributed by atoms with E-state index in [1.165, 1.54) is 18.2 Å². The van der Waals surface area contributed by atoms with E-state index in [0.29, 0.717) is 16.7 Å². The van der Waals surface area contributed by atoms with Crippen LogP contribution in [0.25, 0.3) is 11.1 Å². The smallest absolute Gasteiger partial charge is 0.298 e. The van der Waals surface area contributed by atoms with Crippen molar-refractivity contribution < 1.29 is 30.6 Å². The summed E-state index contributed by atoms with van der Waals surface area (Å²) in [5.74, 6) is -7.22. The van der Waals surface area contributed by atoms with Crippen molar-refractivity contribution in [1.29, 1.82) is 0 Å². The summed E-state index contributed by atoms with van der Waals surface area (Å²) >= 11 is 0. The van der Waals surface area contributed by atoms with Crippen molar-refractivity contribution >= 4 is 0 Å². The van der Waals surface area contributed by atoms with Crippen LogP contribution in [-0.4, -0.2) is 42.6 Å². The minimum Gasteiger partial charge on any atom is -0.342 e. The van der Waals surface area contributed by atoms with Gasteiger partial charge in [-0.15, -0.1) is 0 Å². The molecule has 3 rings (SSSR count). The lowest BCUT2D eigenvalue weighted by Gasteiger charge is -2.43. The van der Waals surface area contributed by atoms with Crippen LogP contribution in [0.15, 0.2) is 42.5 Å². The minimum absolute atomic E-state index is 0.00407. The third-order valence-electron chi connectivity index (χ3n) is 4.21. The zero-order chi connectivity index (χ0) is 16.3. The van der Waals surface area contributed by atoms with Gasteiger partial charge in [-0.3, -0.25) is 0 Å². The van der Waals surface area contributed by atoms with Crippen LogP contribution in [-0.2, 0) is 5.41 Å². The zero-order valence-corrected chi connectivity index (χ0v) is 11.7. The fourth-order valence-electron chi connectivity index (χ4n) is 3.34. The predicted molar refractivity (Wildman–Crippen MR) is 76.2 cm³/mol. The first-order chi connectivity index (χ1) is 10.1. The van der Waals surface area contributed by atoms with Crippen LogP contribution in [0.2, 0.25) is 0 Å². The van der Waals surface area contributed by atoms with E-state index in [1.54, 1.807) is 31.2 Å². The largest absolute Gasteiger partial charge is 0.342 e. The van der Waals surface area contributed by atoms with E-state index in [0.717, 1.165) is 0 Å². The van der Waals surface area contributed by atoms with E-state index >= 15 is 0 Å². The Morgan fingerprint density at radius 2 is 1.27 bits per heavy atom. The Bertz CT molecular complexity index is 725. The Morgan fingerprint density at radius 1 is 0.727 bits per heavy atom. The number of fused-ring (bicyclic) bond motifs is 3. The summed E-state index contributed by atoms with van der Waals surface area (Å²) in [7, 11) is 0. The molecule has 0 bridgehead atoms. The maximum absolute atomic E-state index is 9.92. The van der Waals surface area contributed by atoms with Crippen LogP contribution in [0.4, 0.5) is 0 Å². The first kappa shape index (κ1) is 15.1. The van der Waals surface area contributed by atoms with E-state index in [2.05, 4.69) is 0 Å². The summed E-state index contributed by atoms with van der Waals surface area (Å²) < 4.78 is 0. The van der Waals surface area contributed by atoms with Crippen molar-refractivity contribution in [2.75, 3.05) is 0 Å².